The molecule has 1 atom stereocenters. The highest BCUT2D eigenvalue weighted by Crippen LogP contribution is 2.29. The third-order valence-electron chi connectivity index (χ3n) is 4.20. The van der Waals surface area contributed by atoms with E-state index in [1.165, 1.54) is 12.8 Å². The fourth-order valence-electron chi connectivity index (χ4n) is 2.64. The number of hydrogen-bond acceptors (Lipinski definition) is 4. The molecule has 1 saturated carbocycles. The lowest BCUT2D eigenvalue weighted by Crippen LogP contribution is -2.46. The first-order valence-corrected chi connectivity index (χ1v) is 8.56. The van der Waals surface area contributed by atoms with Crippen LogP contribution in [0, 0.1) is 5.92 Å². The van der Waals surface area contributed by atoms with Gasteiger partial charge in [0.1, 0.15) is 5.75 Å². The van der Waals surface area contributed by atoms with E-state index < -0.39 is 6.04 Å². The van der Waals surface area contributed by atoms with Gasteiger partial charge in [0.15, 0.2) is 0 Å². The maximum absolute atomic E-state index is 12.1. The fourth-order valence-corrected chi connectivity index (χ4v) is 2.64. The summed E-state index contributed by atoms with van der Waals surface area (Å²) >= 11 is 0. The van der Waals surface area contributed by atoms with E-state index in [4.69, 9.17) is 10.5 Å². The zero-order valence-corrected chi connectivity index (χ0v) is 15.6. The van der Waals surface area contributed by atoms with Gasteiger partial charge in [-0.05, 0) is 43.7 Å². The predicted molar refractivity (Wildman–Crippen MR) is 101 cm³/mol. The van der Waals surface area contributed by atoms with Gasteiger partial charge in [0.2, 0.25) is 11.8 Å². The molecule has 1 aliphatic carbocycles. The maximum Gasteiger partial charge on any atom is 0.243 e. The van der Waals surface area contributed by atoms with E-state index in [2.05, 4.69) is 10.6 Å². The van der Waals surface area contributed by atoms with Crippen LogP contribution >= 0.6 is 12.4 Å². The predicted octanol–water partition coefficient (Wildman–Crippen LogP) is 2.47. The minimum absolute atomic E-state index is 0. The van der Waals surface area contributed by atoms with Crippen LogP contribution in [0.5, 0.6) is 5.75 Å². The molecule has 2 rings (SSSR count). The van der Waals surface area contributed by atoms with Gasteiger partial charge in [-0.25, -0.2) is 0 Å². The number of rotatable bonds is 7. The lowest BCUT2D eigenvalue weighted by atomic mass is 10.1. The number of amides is 2. The Hall–Kier alpha value is -1.79. The molecule has 1 aliphatic rings. The standard InChI is InChI=1S/C18H27N3O3.ClH/c1-12(2)17(19)18(23)20-11-16(22)21-14-9-5-6-10-15(14)24-13-7-3-4-8-13;/h5-6,9-10,12-13,17H,3-4,7-8,11,19H2,1-2H3,(H,20,23)(H,21,22);1H/t17-;/m0./s1. The zero-order chi connectivity index (χ0) is 17.5. The Labute approximate surface area is 155 Å². The molecule has 0 spiro atoms. The van der Waals surface area contributed by atoms with Crippen LogP contribution in [-0.4, -0.2) is 30.5 Å². The zero-order valence-electron chi connectivity index (χ0n) is 14.8. The van der Waals surface area contributed by atoms with Gasteiger partial charge in [-0.15, -0.1) is 12.4 Å². The van der Waals surface area contributed by atoms with Crippen LogP contribution in [0.4, 0.5) is 5.69 Å². The number of carbonyl (C=O) groups is 2. The lowest BCUT2D eigenvalue weighted by molar-refractivity contribution is -0.125. The highest BCUT2D eigenvalue weighted by molar-refractivity contribution is 5.96. The Bertz CT molecular complexity index is 574. The highest BCUT2D eigenvalue weighted by atomic mass is 35.5. The van der Waals surface area contributed by atoms with Crippen LogP contribution in [-0.2, 0) is 9.59 Å². The second-order valence-electron chi connectivity index (χ2n) is 6.56. The SMILES string of the molecule is CC(C)[C@H](N)C(=O)NCC(=O)Nc1ccccc1OC1CCCC1.Cl. The van der Waals surface area contributed by atoms with Crippen molar-refractivity contribution in [2.24, 2.45) is 11.7 Å². The van der Waals surface area contributed by atoms with Gasteiger partial charge in [0.05, 0.1) is 24.4 Å². The molecule has 2 amide bonds. The van der Waals surface area contributed by atoms with Gasteiger partial charge in [0.25, 0.3) is 0 Å². The first kappa shape index (κ1) is 21.3. The summed E-state index contributed by atoms with van der Waals surface area (Å²) in [6.45, 7) is 3.61. The third-order valence-corrected chi connectivity index (χ3v) is 4.20. The summed E-state index contributed by atoms with van der Waals surface area (Å²) < 4.78 is 5.98. The number of halogens is 1. The van der Waals surface area contributed by atoms with Crippen molar-refractivity contribution in [3.63, 3.8) is 0 Å². The molecule has 0 heterocycles. The van der Waals surface area contributed by atoms with Gasteiger partial charge < -0.3 is 21.1 Å². The van der Waals surface area contributed by atoms with Crippen molar-refractivity contribution >= 4 is 29.9 Å². The van der Waals surface area contributed by atoms with E-state index in [0.717, 1.165) is 12.8 Å². The monoisotopic (exact) mass is 369 g/mol. The Morgan fingerprint density at radius 1 is 1.24 bits per heavy atom. The Morgan fingerprint density at radius 3 is 2.52 bits per heavy atom. The summed E-state index contributed by atoms with van der Waals surface area (Å²) in [7, 11) is 0. The van der Waals surface area contributed by atoms with E-state index in [0.29, 0.717) is 11.4 Å². The van der Waals surface area contributed by atoms with Crippen LogP contribution < -0.4 is 21.1 Å². The van der Waals surface area contributed by atoms with E-state index >= 15 is 0 Å². The molecule has 6 nitrogen and oxygen atoms in total. The van der Waals surface area contributed by atoms with E-state index in [1.807, 2.05) is 32.0 Å². The molecule has 0 radical (unpaired) electrons. The van der Waals surface area contributed by atoms with E-state index in [1.54, 1.807) is 6.07 Å². The van der Waals surface area contributed by atoms with Gasteiger partial charge >= 0.3 is 0 Å². The van der Waals surface area contributed by atoms with Crippen molar-refractivity contribution < 1.29 is 14.3 Å². The summed E-state index contributed by atoms with van der Waals surface area (Å²) in [6, 6.07) is 6.74. The molecule has 4 N–H and O–H groups in total. The summed E-state index contributed by atoms with van der Waals surface area (Å²) in [5.74, 6) is 0.0639. The number of anilines is 1. The van der Waals surface area contributed by atoms with Crippen LogP contribution in [0.3, 0.4) is 0 Å². The largest absolute Gasteiger partial charge is 0.488 e. The van der Waals surface area contributed by atoms with Gasteiger partial charge in [-0.2, -0.15) is 0 Å². The number of nitrogens with one attached hydrogen (secondary N) is 2. The van der Waals surface area contributed by atoms with Gasteiger partial charge in [0, 0.05) is 0 Å². The highest BCUT2D eigenvalue weighted by Gasteiger charge is 2.20. The Kier molecular flexibility index (Phi) is 8.72. The molecule has 0 bridgehead atoms. The number of para-hydroxylation sites is 2. The minimum Gasteiger partial charge on any atom is -0.488 e. The number of nitrogens with two attached hydrogens (primary N) is 1. The van der Waals surface area contributed by atoms with Crippen LogP contribution in [0.25, 0.3) is 0 Å². The second kappa shape index (κ2) is 10.3. The maximum atomic E-state index is 12.1. The summed E-state index contributed by atoms with van der Waals surface area (Å²) in [6.07, 6.45) is 4.67. The molecular formula is C18H28ClN3O3. The van der Waals surface area contributed by atoms with Crippen molar-refractivity contribution in [1.29, 1.82) is 0 Å². The van der Waals surface area contributed by atoms with Crippen molar-refractivity contribution in [2.45, 2.75) is 51.7 Å². The molecule has 0 unspecified atom stereocenters. The van der Waals surface area contributed by atoms with Crippen molar-refractivity contribution in [1.82, 2.24) is 5.32 Å². The molecule has 0 aromatic heterocycles. The summed E-state index contributed by atoms with van der Waals surface area (Å²) in [5, 5.41) is 5.35. The van der Waals surface area contributed by atoms with Crippen LogP contribution in [0.2, 0.25) is 0 Å². The second-order valence-corrected chi connectivity index (χ2v) is 6.56. The summed E-state index contributed by atoms with van der Waals surface area (Å²) in [5.41, 5.74) is 6.37. The third kappa shape index (κ3) is 6.55. The van der Waals surface area contributed by atoms with Gasteiger partial charge in [-0.3, -0.25) is 9.59 Å². The van der Waals surface area contributed by atoms with E-state index in [-0.39, 0.29) is 42.8 Å². The number of carbonyl (C=O) groups excluding carboxylic acids is 2. The quantitative estimate of drug-likeness (QED) is 0.688. The van der Waals surface area contributed by atoms with Crippen LogP contribution in [0.15, 0.2) is 24.3 Å². The fraction of sp³-hybridized carbons (Fsp3) is 0.556. The Morgan fingerprint density at radius 2 is 1.88 bits per heavy atom. The first-order chi connectivity index (χ1) is 11.5. The average molecular weight is 370 g/mol. The average Bonchev–Trinajstić information content (AvgIpc) is 3.06. The topological polar surface area (TPSA) is 93.5 Å². The molecule has 1 aromatic rings. The molecule has 0 aliphatic heterocycles. The van der Waals surface area contributed by atoms with E-state index in [9.17, 15) is 9.59 Å². The normalized spacial score (nSPS) is 15.4. The molecular weight excluding hydrogens is 342 g/mol. The number of benzene rings is 1. The number of hydrogen-bond donors (Lipinski definition) is 3. The number of ether oxygens (including phenoxy) is 1. The van der Waals surface area contributed by atoms with Crippen LogP contribution in [0.1, 0.15) is 39.5 Å². The van der Waals surface area contributed by atoms with Crippen molar-refractivity contribution in [3.8, 4) is 5.75 Å². The minimum atomic E-state index is -0.615. The lowest BCUT2D eigenvalue weighted by Gasteiger charge is -2.18. The summed E-state index contributed by atoms with van der Waals surface area (Å²) in [4.78, 5) is 23.9. The van der Waals surface area contributed by atoms with Gasteiger partial charge in [-0.1, -0.05) is 26.0 Å². The first-order valence-electron chi connectivity index (χ1n) is 8.56. The molecule has 0 saturated heterocycles. The smallest absolute Gasteiger partial charge is 0.243 e. The Balaban J connectivity index is 0.00000312. The molecule has 7 heteroatoms. The molecule has 1 fully saturated rings. The molecule has 25 heavy (non-hydrogen) atoms. The molecule has 1 aromatic carbocycles. The molecule has 140 valence electrons. The van der Waals surface area contributed by atoms with Crippen molar-refractivity contribution in [3.05, 3.63) is 24.3 Å². The van der Waals surface area contributed by atoms with Crippen molar-refractivity contribution in [2.75, 3.05) is 11.9 Å².